The summed E-state index contributed by atoms with van der Waals surface area (Å²) in [7, 11) is 1.91. The Bertz CT molecular complexity index is 1170. The lowest BCUT2D eigenvalue weighted by molar-refractivity contribution is -0.507. The van der Waals surface area contributed by atoms with E-state index < -0.39 is 22.7 Å². The van der Waals surface area contributed by atoms with Gasteiger partial charge in [-0.05, 0) is 17.2 Å². The lowest BCUT2D eigenvalue weighted by Gasteiger charge is -2.21. The summed E-state index contributed by atoms with van der Waals surface area (Å²) in [5.74, 6) is -1.19. The zero-order chi connectivity index (χ0) is 20.4. The molecule has 0 aliphatic heterocycles. The number of hydrogen-bond acceptors (Lipinski definition) is 3. The van der Waals surface area contributed by atoms with E-state index in [4.69, 9.17) is 0 Å². The molecule has 0 aliphatic carbocycles. The molecule has 0 fully saturated rings. The second kappa shape index (κ2) is 7.72. The van der Waals surface area contributed by atoms with Gasteiger partial charge in [0.15, 0.2) is 0 Å². The van der Waals surface area contributed by atoms with Crippen molar-refractivity contribution in [3.63, 3.8) is 0 Å². The highest BCUT2D eigenvalue weighted by atomic mass is 16.6. The number of nitrogens with zero attached hydrogens (tertiary/aromatic N) is 2. The Morgan fingerprint density at radius 3 is 2.14 bits per heavy atom. The van der Waals surface area contributed by atoms with Gasteiger partial charge >= 0.3 is 0 Å². The maximum atomic E-state index is 13.3. The predicted octanol–water partition coefficient (Wildman–Crippen LogP) is 4.84. The molecule has 0 saturated heterocycles. The molecule has 0 unspecified atom stereocenters. The van der Waals surface area contributed by atoms with Crippen LogP contribution in [0.1, 0.15) is 27.4 Å². The molecule has 5 nitrogen and oxygen atoms in total. The molecule has 29 heavy (non-hydrogen) atoms. The first-order valence-corrected chi connectivity index (χ1v) is 9.39. The van der Waals surface area contributed by atoms with E-state index in [1.807, 2.05) is 72.4 Å². The summed E-state index contributed by atoms with van der Waals surface area (Å²) in [5, 5.41) is 13.1. The Morgan fingerprint density at radius 2 is 1.48 bits per heavy atom. The Kier molecular flexibility index (Phi) is 4.96. The molecular formula is C24H20N2O3. The number of Topliss-reactive ketones (excluding diaryl/α,β-unsaturated/α-hetero) is 1. The van der Waals surface area contributed by atoms with E-state index in [-0.39, 0.29) is 0 Å². The molecule has 0 N–H and O–H groups in total. The molecule has 1 heterocycles. The summed E-state index contributed by atoms with van der Waals surface area (Å²) in [6, 6.07) is 24.1. The van der Waals surface area contributed by atoms with Crippen molar-refractivity contribution in [2.24, 2.45) is 7.05 Å². The lowest BCUT2D eigenvalue weighted by atomic mass is 9.82. The van der Waals surface area contributed by atoms with Crippen LogP contribution < -0.4 is 0 Å². The highest BCUT2D eigenvalue weighted by Gasteiger charge is 2.42. The zero-order valence-corrected chi connectivity index (χ0v) is 15.9. The highest BCUT2D eigenvalue weighted by molar-refractivity contribution is 6.01. The molecule has 0 amide bonds. The van der Waals surface area contributed by atoms with Gasteiger partial charge in [-0.2, -0.15) is 0 Å². The van der Waals surface area contributed by atoms with E-state index in [0.717, 1.165) is 22.0 Å². The number of hydrogen-bond donors (Lipinski definition) is 0. The number of aromatic nitrogens is 1. The van der Waals surface area contributed by atoms with Crippen LogP contribution in [-0.2, 0) is 7.05 Å². The molecule has 4 rings (SSSR count). The van der Waals surface area contributed by atoms with Crippen LogP contribution in [0.3, 0.4) is 0 Å². The fraction of sp³-hybridized carbons (Fsp3) is 0.125. The minimum Gasteiger partial charge on any atom is -0.350 e. The second-order valence-corrected chi connectivity index (χ2v) is 7.06. The SMILES string of the molecule is Cn1cc([C@@H](c2ccccc2)[C@H](C(=O)c2ccccc2)[N+](=O)[O-])c2ccccc21. The van der Waals surface area contributed by atoms with Gasteiger partial charge in [0.1, 0.15) is 0 Å². The number of nitro groups is 1. The molecular weight excluding hydrogens is 364 g/mol. The van der Waals surface area contributed by atoms with Crippen LogP contribution in [0, 0.1) is 10.1 Å². The quantitative estimate of drug-likeness (QED) is 0.271. The molecule has 1 aromatic heterocycles. The van der Waals surface area contributed by atoms with Crippen molar-refractivity contribution in [2.45, 2.75) is 12.0 Å². The van der Waals surface area contributed by atoms with Crippen LogP contribution in [0.5, 0.6) is 0 Å². The fourth-order valence-corrected chi connectivity index (χ4v) is 3.96. The van der Waals surface area contributed by atoms with Gasteiger partial charge in [0, 0.05) is 34.6 Å². The van der Waals surface area contributed by atoms with Gasteiger partial charge in [-0.3, -0.25) is 14.9 Å². The smallest absolute Gasteiger partial charge is 0.285 e. The topological polar surface area (TPSA) is 65.1 Å². The normalized spacial score (nSPS) is 13.1. The largest absolute Gasteiger partial charge is 0.350 e. The van der Waals surface area contributed by atoms with Gasteiger partial charge in [-0.1, -0.05) is 78.9 Å². The van der Waals surface area contributed by atoms with Crippen LogP contribution in [0.25, 0.3) is 10.9 Å². The van der Waals surface area contributed by atoms with Crippen molar-refractivity contribution >= 4 is 16.7 Å². The van der Waals surface area contributed by atoms with Crippen molar-refractivity contribution in [2.75, 3.05) is 0 Å². The summed E-state index contributed by atoms with van der Waals surface area (Å²) in [4.78, 5) is 25.0. The van der Waals surface area contributed by atoms with E-state index >= 15 is 0 Å². The molecule has 5 heteroatoms. The van der Waals surface area contributed by atoms with Crippen molar-refractivity contribution in [3.05, 3.63) is 118 Å². The first-order valence-electron chi connectivity index (χ1n) is 9.39. The van der Waals surface area contributed by atoms with E-state index in [2.05, 4.69) is 0 Å². The number of carbonyl (C=O) groups excluding carboxylic acids is 1. The van der Waals surface area contributed by atoms with E-state index in [0.29, 0.717) is 5.56 Å². The zero-order valence-electron chi connectivity index (χ0n) is 15.9. The molecule has 144 valence electrons. The van der Waals surface area contributed by atoms with E-state index in [9.17, 15) is 14.9 Å². The third-order valence-electron chi connectivity index (χ3n) is 5.29. The maximum absolute atomic E-state index is 13.3. The van der Waals surface area contributed by atoms with Crippen molar-refractivity contribution in [1.82, 2.24) is 4.57 Å². The minimum atomic E-state index is -1.43. The third-order valence-corrected chi connectivity index (χ3v) is 5.29. The monoisotopic (exact) mass is 384 g/mol. The average Bonchev–Trinajstić information content (AvgIpc) is 3.09. The number of ketones is 1. The van der Waals surface area contributed by atoms with Crippen LogP contribution in [-0.4, -0.2) is 21.3 Å². The number of fused-ring (bicyclic) bond motifs is 1. The molecule has 0 spiro atoms. The van der Waals surface area contributed by atoms with Crippen molar-refractivity contribution < 1.29 is 9.72 Å². The van der Waals surface area contributed by atoms with Crippen LogP contribution in [0.4, 0.5) is 0 Å². The summed E-state index contributed by atoms with van der Waals surface area (Å²) >= 11 is 0. The van der Waals surface area contributed by atoms with Gasteiger partial charge in [-0.15, -0.1) is 0 Å². The number of carbonyl (C=O) groups is 1. The first kappa shape index (κ1) is 18.6. The fourth-order valence-electron chi connectivity index (χ4n) is 3.96. The van der Waals surface area contributed by atoms with E-state index in [1.165, 1.54) is 0 Å². The molecule has 0 saturated carbocycles. The third kappa shape index (κ3) is 3.43. The Hall–Kier alpha value is -3.73. The number of rotatable bonds is 6. The molecule has 4 aromatic rings. The standard InChI is InChI=1S/C24H20N2O3/c1-25-16-20(19-14-8-9-15-21(19)25)22(17-10-4-2-5-11-17)23(26(28)29)24(27)18-12-6-3-7-13-18/h2-16,22-23H,1H3/t22-,23-/m1/s1. The molecule has 0 bridgehead atoms. The Balaban J connectivity index is 1.94. The van der Waals surface area contributed by atoms with Crippen LogP contribution >= 0.6 is 0 Å². The van der Waals surface area contributed by atoms with Gasteiger partial charge < -0.3 is 4.57 Å². The molecule has 0 aliphatic rings. The van der Waals surface area contributed by atoms with Gasteiger partial charge in [0.2, 0.25) is 5.78 Å². The number of aryl methyl sites for hydroxylation is 1. The average molecular weight is 384 g/mol. The number of para-hydroxylation sites is 1. The first-order chi connectivity index (χ1) is 14.1. The maximum Gasteiger partial charge on any atom is 0.285 e. The Labute approximate surface area is 168 Å². The highest BCUT2D eigenvalue weighted by Crippen LogP contribution is 2.36. The van der Waals surface area contributed by atoms with Gasteiger partial charge in [-0.25, -0.2) is 0 Å². The summed E-state index contributed by atoms with van der Waals surface area (Å²) < 4.78 is 1.95. The molecule has 2 atom stereocenters. The second-order valence-electron chi connectivity index (χ2n) is 7.06. The minimum absolute atomic E-state index is 0.343. The van der Waals surface area contributed by atoms with Crippen LogP contribution in [0.2, 0.25) is 0 Å². The summed E-state index contributed by atoms with van der Waals surface area (Å²) in [6.07, 6.45) is 1.90. The molecule has 0 radical (unpaired) electrons. The van der Waals surface area contributed by atoms with Crippen LogP contribution in [0.15, 0.2) is 91.1 Å². The molecule has 3 aromatic carbocycles. The Morgan fingerprint density at radius 1 is 0.897 bits per heavy atom. The van der Waals surface area contributed by atoms with E-state index in [1.54, 1.807) is 30.3 Å². The van der Waals surface area contributed by atoms with Gasteiger partial charge in [0.05, 0.1) is 5.92 Å². The lowest BCUT2D eigenvalue weighted by Crippen LogP contribution is -2.36. The van der Waals surface area contributed by atoms with Crippen molar-refractivity contribution in [3.8, 4) is 0 Å². The van der Waals surface area contributed by atoms with Gasteiger partial charge in [0.25, 0.3) is 6.04 Å². The number of benzene rings is 3. The predicted molar refractivity (Wildman–Crippen MR) is 113 cm³/mol. The van der Waals surface area contributed by atoms with Crippen molar-refractivity contribution in [1.29, 1.82) is 0 Å². The summed E-state index contributed by atoms with van der Waals surface area (Å²) in [6.45, 7) is 0. The summed E-state index contributed by atoms with van der Waals surface area (Å²) in [5.41, 5.74) is 2.84.